The van der Waals surface area contributed by atoms with Gasteiger partial charge in [-0.15, -0.1) is 11.3 Å². The second-order valence-corrected chi connectivity index (χ2v) is 9.37. The lowest BCUT2D eigenvalue weighted by Gasteiger charge is -2.12. The summed E-state index contributed by atoms with van der Waals surface area (Å²) in [5.41, 5.74) is 3.68. The number of para-hydroxylation sites is 1. The third-order valence-corrected chi connectivity index (χ3v) is 6.99. The van der Waals surface area contributed by atoms with Gasteiger partial charge in [0.25, 0.3) is 11.8 Å². The average Bonchev–Trinajstić information content (AvgIpc) is 3.22. The van der Waals surface area contributed by atoms with Crippen LogP contribution in [-0.2, 0) is 22.4 Å². The SMILES string of the molecule is CCOC(=O)c1c(NC(=O)COc2ccc(C(=O)Nc3ccccc3C)cc2)sc2c1CCCC2. The van der Waals surface area contributed by atoms with Gasteiger partial charge in [0.2, 0.25) is 0 Å². The molecule has 2 N–H and O–H groups in total. The highest BCUT2D eigenvalue weighted by Crippen LogP contribution is 2.38. The molecule has 1 aliphatic rings. The van der Waals surface area contributed by atoms with Gasteiger partial charge in [-0.2, -0.15) is 0 Å². The molecule has 0 radical (unpaired) electrons. The molecule has 1 heterocycles. The van der Waals surface area contributed by atoms with Crippen molar-refractivity contribution in [3.05, 3.63) is 75.7 Å². The van der Waals surface area contributed by atoms with E-state index in [1.807, 2.05) is 31.2 Å². The second kappa shape index (κ2) is 11.2. The molecule has 0 spiro atoms. The molecule has 0 bridgehead atoms. The highest BCUT2D eigenvalue weighted by atomic mass is 32.1. The number of carbonyl (C=O) groups excluding carboxylic acids is 3. The van der Waals surface area contributed by atoms with Crippen molar-refractivity contribution in [1.29, 1.82) is 0 Å². The van der Waals surface area contributed by atoms with E-state index in [1.165, 1.54) is 11.3 Å². The fourth-order valence-corrected chi connectivity index (χ4v) is 5.29. The normalized spacial score (nSPS) is 12.4. The molecule has 0 saturated carbocycles. The number of fused-ring (bicyclic) bond motifs is 1. The number of amides is 2. The first kappa shape index (κ1) is 24.5. The predicted molar refractivity (Wildman–Crippen MR) is 137 cm³/mol. The van der Waals surface area contributed by atoms with Gasteiger partial charge in [0.05, 0.1) is 12.2 Å². The van der Waals surface area contributed by atoms with Crippen LogP contribution < -0.4 is 15.4 Å². The molecular formula is C27H28N2O5S. The summed E-state index contributed by atoms with van der Waals surface area (Å²) in [6.07, 6.45) is 3.82. The third kappa shape index (κ3) is 5.89. The Morgan fingerprint density at radius 2 is 1.71 bits per heavy atom. The van der Waals surface area contributed by atoms with E-state index in [9.17, 15) is 14.4 Å². The van der Waals surface area contributed by atoms with Crippen LogP contribution in [-0.4, -0.2) is 31.0 Å². The maximum atomic E-state index is 12.6. The Hall–Kier alpha value is -3.65. The monoisotopic (exact) mass is 492 g/mol. The van der Waals surface area contributed by atoms with Crippen molar-refractivity contribution in [2.24, 2.45) is 0 Å². The Morgan fingerprint density at radius 1 is 0.971 bits per heavy atom. The van der Waals surface area contributed by atoms with Crippen LogP contribution in [0.2, 0.25) is 0 Å². The molecule has 1 aliphatic carbocycles. The number of hydrogen-bond acceptors (Lipinski definition) is 6. The summed E-state index contributed by atoms with van der Waals surface area (Å²) in [5.74, 6) is -0.529. The van der Waals surface area contributed by atoms with Gasteiger partial charge in [-0.3, -0.25) is 9.59 Å². The molecule has 182 valence electrons. The standard InChI is InChI=1S/C27H28N2O5S/c1-3-33-27(32)24-20-9-5-7-11-22(20)35-26(24)29-23(30)16-34-19-14-12-18(13-15-19)25(31)28-21-10-6-4-8-17(21)2/h4,6,8,10,12-15H,3,5,7,9,11,16H2,1-2H3,(H,28,31)(H,29,30). The van der Waals surface area contributed by atoms with E-state index < -0.39 is 5.97 Å². The number of nitrogens with one attached hydrogen (secondary N) is 2. The molecule has 0 unspecified atom stereocenters. The molecule has 7 nitrogen and oxygen atoms in total. The quantitative estimate of drug-likeness (QED) is 0.412. The summed E-state index contributed by atoms with van der Waals surface area (Å²) in [6, 6.07) is 14.1. The topological polar surface area (TPSA) is 93.7 Å². The Balaban J connectivity index is 1.36. The number of benzene rings is 2. The molecule has 2 amide bonds. The summed E-state index contributed by atoms with van der Waals surface area (Å²) < 4.78 is 10.8. The van der Waals surface area contributed by atoms with Gasteiger partial charge in [0, 0.05) is 16.1 Å². The van der Waals surface area contributed by atoms with Gasteiger partial charge in [0.1, 0.15) is 10.8 Å². The van der Waals surface area contributed by atoms with Crippen molar-refractivity contribution in [1.82, 2.24) is 0 Å². The summed E-state index contributed by atoms with van der Waals surface area (Å²) in [5, 5.41) is 6.24. The molecule has 1 aromatic heterocycles. The number of hydrogen-bond donors (Lipinski definition) is 2. The Kier molecular flexibility index (Phi) is 7.82. The fourth-order valence-electron chi connectivity index (χ4n) is 3.99. The van der Waals surface area contributed by atoms with Crippen LogP contribution in [0.15, 0.2) is 48.5 Å². The number of anilines is 2. The van der Waals surface area contributed by atoms with Gasteiger partial charge >= 0.3 is 5.97 Å². The number of esters is 1. The molecule has 0 atom stereocenters. The lowest BCUT2D eigenvalue weighted by Crippen LogP contribution is -2.21. The van der Waals surface area contributed by atoms with Crippen LogP contribution in [0.5, 0.6) is 5.75 Å². The van der Waals surface area contributed by atoms with Crippen LogP contribution in [0.1, 0.15) is 56.5 Å². The summed E-state index contributed by atoms with van der Waals surface area (Å²) in [4.78, 5) is 38.8. The van der Waals surface area contributed by atoms with Gasteiger partial charge in [0.15, 0.2) is 6.61 Å². The minimum absolute atomic E-state index is 0.223. The highest BCUT2D eigenvalue weighted by molar-refractivity contribution is 7.17. The molecule has 0 aliphatic heterocycles. The van der Waals surface area contributed by atoms with Crippen LogP contribution in [0.25, 0.3) is 0 Å². The molecule has 4 rings (SSSR count). The van der Waals surface area contributed by atoms with E-state index >= 15 is 0 Å². The minimum atomic E-state index is -0.400. The number of rotatable bonds is 8. The minimum Gasteiger partial charge on any atom is -0.484 e. The maximum Gasteiger partial charge on any atom is 0.341 e. The van der Waals surface area contributed by atoms with Crippen molar-refractivity contribution in [3.8, 4) is 5.75 Å². The number of carbonyl (C=O) groups is 3. The predicted octanol–water partition coefficient (Wildman–Crippen LogP) is 5.38. The van der Waals surface area contributed by atoms with E-state index in [1.54, 1.807) is 31.2 Å². The lowest BCUT2D eigenvalue weighted by atomic mass is 9.95. The van der Waals surface area contributed by atoms with E-state index in [0.29, 0.717) is 21.9 Å². The maximum absolute atomic E-state index is 12.6. The number of aryl methyl sites for hydroxylation is 2. The summed E-state index contributed by atoms with van der Waals surface area (Å²) in [7, 11) is 0. The first-order valence-corrected chi connectivity index (χ1v) is 12.5. The molecular weight excluding hydrogens is 464 g/mol. The number of ether oxygens (including phenoxy) is 2. The van der Waals surface area contributed by atoms with E-state index in [-0.39, 0.29) is 25.0 Å². The zero-order valence-corrected chi connectivity index (χ0v) is 20.6. The largest absolute Gasteiger partial charge is 0.484 e. The molecule has 8 heteroatoms. The zero-order chi connectivity index (χ0) is 24.8. The fraction of sp³-hybridized carbons (Fsp3) is 0.296. The molecule has 2 aromatic carbocycles. The molecule has 0 fully saturated rings. The van der Waals surface area contributed by atoms with Crippen LogP contribution in [0.3, 0.4) is 0 Å². The molecule has 3 aromatic rings. The van der Waals surface area contributed by atoms with Gasteiger partial charge in [-0.1, -0.05) is 18.2 Å². The van der Waals surface area contributed by atoms with Crippen molar-refractivity contribution in [2.75, 3.05) is 23.8 Å². The van der Waals surface area contributed by atoms with Gasteiger partial charge < -0.3 is 20.1 Å². The first-order valence-electron chi connectivity index (χ1n) is 11.7. The van der Waals surface area contributed by atoms with E-state index in [2.05, 4.69) is 10.6 Å². The Labute approximate surface area is 208 Å². The third-order valence-electron chi connectivity index (χ3n) is 5.78. The van der Waals surface area contributed by atoms with Crippen LogP contribution >= 0.6 is 11.3 Å². The number of thiophene rings is 1. The second-order valence-electron chi connectivity index (χ2n) is 8.27. The smallest absolute Gasteiger partial charge is 0.341 e. The zero-order valence-electron chi connectivity index (χ0n) is 19.8. The summed E-state index contributed by atoms with van der Waals surface area (Å²) >= 11 is 1.44. The Bertz CT molecular complexity index is 1230. The van der Waals surface area contributed by atoms with Crippen LogP contribution in [0.4, 0.5) is 10.7 Å². The highest BCUT2D eigenvalue weighted by Gasteiger charge is 2.27. The average molecular weight is 493 g/mol. The molecule has 35 heavy (non-hydrogen) atoms. The van der Waals surface area contributed by atoms with Crippen LogP contribution in [0, 0.1) is 6.92 Å². The van der Waals surface area contributed by atoms with Crippen molar-refractivity contribution < 1.29 is 23.9 Å². The molecule has 0 saturated heterocycles. The van der Waals surface area contributed by atoms with E-state index in [0.717, 1.165) is 47.4 Å². The first-order chi connectivity index (χ1) is 17.0. The Morgan fingerprint density at radius 3 is 2.46 bits per heavy atom. The van der Waals surface area contributed by atoms with Crippen molar-refractivity contribution in [2.45, 2.75) is 39.5 Å². The van der Waals surface area contributed by atoms with Gasteiger partial charge in [-0.05, 0) is 81.0 Å². The van der Waals surface area contributed by atoms with Crippen molar-refractivity contribution in [3.63, 3.8) is 0 Å². The summed E-state index contributed by atoms with van der Waals surface area (Å²) in [6.45, 7) is 3.75. The van der Waals surface area contributed by atoms with Crippen molar-refractivity contribution >= 4 is 39.8 Å². The van der Waals surface area contributed by atoms with Gasteiger partial charge in [-0.25, -0.2) is 4.79 Å². The lowest BCUT2D eigenvalue weighted by molar-refractivity contribution is -0.118. The van der Waals surface area contributed by atoms with E-state index in [4.69, 9.17) is 9.47 Å².